The third-order valence-corrected chi connectivity index (χ3v) is 5.92. The van der Waals surface area contributed by atoms with E-state index in [4.69, 9.17) is 0 Å². The van der Waals surface area contributed by atoms with E-state index in [-0.39, 0.29) is 11.8 Å². The second-order valence-corrected chi connectivity index (χ2v) is 7.75. The molecule has 0 radical (unpaired) electrons. The number of nitrogens with one attached hydrogen (secondary N) is 1. The zero-order chi connectivity index (χ0) is 16.3. The quantitative estimate of drug-likeness (QED) is 0.879. The highest BCUT2D eigenvalue weighted by Crippen LogP contribution is 2.24. The Morgan fingerprint density at radius 3 is 2.68 bits per heavy atom. The molecule has 5 nitrogen and oxygen atoms in total. The number of likely N-dealkylation sites (N-methyl/N-ethyl adjacent to an activating group) is 1. The Kier molecular flexibility index (Phi) is 5.88. The minimum absolute atomic E-state index is 0.00620. The van der Waals surface area contributed by atoms with E-state index in [1.165, 1.54) is 11.3 Å². The van der Waals surface area contributed by atoms with Crippen LogP contribution in [-0.4, -0.2) is 72.4 Å². The van der Waals surface area contributed by atoms with Crippen molar-refractivity contribution >= 4 is 34.9 Å². The second-order valence-electron chi connectivity index (χ2n) is 5.72. The summed E-state index contributed by atoms with van der Waals surface area (Å²) in [5, 5.41) is 5.07. The lowest BCUT2D eigenvalue weighted by atomic mass is 10.2. The molecule has 1 aromatic rings. The lowest BCUT2D eigenvalue weighted by molar-refractivity contribution is -0.131. The smallest absolute Gasteiger partial charge is 0.261 e. The number of carbonyl (C=O) groups excluding carboxylic acids is 2. The van der Waals surface area contributed by atoms with E-state index in [1.54, 1.807) is 24.8 Å². The molecule has 7 heteroatoms. The van der Waals surface area contributed by atoms with E-state index in [2.05, 4.69) is 16.5 Å². The fourth-order valence-corrected chi connectivity index (χ4v) is 4.27. The maximum atomic E-state index is 12.6. The summed E-state index contributed by atoms with van der Waals surface area (Å²) in [5.41, 5.74) is 0. The molecule has 2 rings (SSSR count). The van der Waals surface area contributed by atoms with Crippen LogP contribution in [0.25, 0.3) is 0 Å². The largest absolute Gasteiger partial charge is 0.340 e. The Labute approximate surface area is 140 Å². The highest BCUT2D eigenvalue weighted by Gasteiger charge is 2.37. The van der Waals surface area contributed by atoms with Crippen molar-refractivity contribution in [2.45, 2.75) is 24.3 Å². The predicted octanol–water partition coefficient (Wildman–Crippen LogP) is 1.37. The van der Waals surface area contributed by atoms with Crippen molar-refractivity contribution in [1.29, 1.82) is 0 Å². The van der Waals surface area contributed by atoms with Crippen molar-refractivity contribution in [2.75, 3.05) is 33.4 Å². The van der Waals surface area contributed by atoms with Crippen molar-refractivity contribution in [3.8, 4) is 0 Å². The number of carbonyl (C=O) groups is 2. The van der Waals surface area contributed by atoms with Gasteiger partial charge in [0.25, 0.3) is 5.91 Å². The molecule has 122 valence electrons. The number of rotatable bonds is 5. The molecular formula is C15H23N3O2S2. The molecule has 1 fully saturated rings. The minimum atomic E-state index is -0.502. The molecule has 22 heavy (non-hydrogen) atoms. The average molecular weight is 342 g/mol. The van der Waals surface area contributed by atoms with Gasteiger partial charge >= 0.3 is 0 Å². The lowest BCUT2D eigenvalue weighted by Crippen LogP contribution is -2.46. The van der Waals surface area contributed by atoms with Gasteiger partial charge in [0.2, 0.25) is 5.91 Å². The molecule has 0 aromatic carbocycles. The Balaban J connectivity index is 1.95. The molecular weight excluding hydrogens is 318 g/mol. The first-order valence-electron chi connectivity index (χ1n) is 7.26. The predicted molar refractivity (Wildman–Crippen MR) is 92.6 cm³/mol. The SMILES string of the molecule is CS[C@@H]1CN(C(=O)[C@H](C)NC(=O)c2cccs2)C[C@H]1N(C)C. The van der Waals surface area contributed by atoms with Gasteiger partial charge in [0.05, 0.1) is 4.88 Å². The molecule has 0 bridgehead atoms. The average Bonchev–Trinajstić information content (AvgIpc) is 3.15. The Morgan fingerprint density at radius 2 is 2.18 bits per heavy atom. The zero-order valence-corrected chi connectivity index (χ0v) is 15.0. The molecule has 1 aliphatic rings. The van der Waals surface area contributed by atoms with E-state index in [9.17, 15) is 9.59 Å². The first-order valence-corrected chi connectivity index (χ1v) is 9.43. The van der Waals surface area contributed by atoms with Crippen LogP contribution < -0.4 is 5.32 Å². The van der Waals surface area contributed by atoms with Gasteiger partial charge in [0.1, 0.15) is 6.04 Å². The van der Waals surface area contributed by atoms with Gasteiger partial charge in [-0.3, -0.25) is 9.59 Å². The topological polar surface area (TPSA) is 52.7 Å². The van der Waals surface area contributed by atoms with E-state index < -0.39 is 6.04 Å². The van der Waals surface area contributed by atoms with Crippen LogP contribution in [0, 0.1) is 0 Å². The molecule has 1 aromatic heterocycles. The van der Waals surface area contributed by atoms with Gasteiger partial charge in [0, 0.05) is 24.4 Å². The van der Waals surface area contributed by atoms with Crippen LogP contribution in [0.2, 0.25) is 0 Å². The fourth-order valence-electron chi connectivity index (χ4n) is 2.68. The third kappa shape index (κ3) is 3.83. The molecule has 1 N–H and O–H groups in total. The normalized spacial score (nSPS) is 22.9. The number of likely N-dealkylation sites (tertiary alicyclic amines) is 1. The molecule has 3 atom stereocenters. The summed E-state index contributed by atoms with van der Waals surface area (Å²) in [6, 6.07) is 3.45. The molecule has 2 amide bonds. The van der Waals surface area contributed by atoms with Gasteiger partial charge in [-0.05, 0) is 38.7 Å². The zero-order valence-electron chi connectivity index (χ0n) is 13.4. The molecule has 2 heterocycles. The second kappa shape index (κ2) is 7.48. The molecule has 0 unspecified atom stereocenters. The summed E-state index contributed by atoms with van der Waals surface area (Å²) < 4.78 is 0. The maximum Gasteiger partial charge on any atom is 0.261 e. The maximum absolute atomic E-state index is 12.6. The highest BCUT2D eigenvalue weighted by atomic mass is 32.2. The summed E-state index contributed by atoms with van der Waals surface area (Å²) in [5.74, 6) is -0.186. The van der Waals surface area contributed by atoms with E-state index in [0.717, 1.165) is 13.1 Å². The Morgan fingerprint density at radius 1 is 1.45 bits per heavy atom. The number of amides is 2. The van der Waals surface area contributed by atoms with Gasteiger partial charge in [-0.2, -0.15) is 11.8 Å². The number of hydrogen-bond acceptors (Lipinski definition) is 5. The van der Waals surface area contributed by atoms with Crippen LogP contribution in [0.4, 0.5) is 0 Å². The summed E-state index contributed by atoms with van der Waals surface area (Å²) in [6.45, 7) is 3.21. The third-order valence-electron chi connectivity index (χ3n) is 3.98. The van der Waals surface area contributed by atoms with Crippen molar-refractivity contribution in [2.24, 2.45) is 0 Å². The number of nitrogens with zero attached hydrogens (tertiary/aromatic N) is 2. The van der Waals surface area contributed by atoms with Gasteiger partial charge < -0.3 is 15.1 Å². The van der Waals surface area contributed by atoms with Crippen molar-refractivity contribution in [3.63, 3.8) is 0 Å². The van der Waals surface area contributed by atoms with Gasteiger partial charge in [-0.25, -0.2) is 0 Å². The van der Waals surface area contributed by atoms with Crippen molar-refractivity contribution in [3.05, 3.63) is 22.4 Å². The van der Waals surface area contributed by atoms with Gasteiger partial charge in [-0.1, -0.05) is 6.07 Å². The number of thioether (sulfide) groups is 1. The summed E-state index contributed by atoms with van der Waals surface area (Å²) in [4.78, 5) is 29.3. The van der Waals surface area contributed by atoms with Crippen LogP contribution in [0.15, 0.2) is 17.5 Å². The van der Waals surface area contributed by atoms with Gasteiger partial charge in [-0.15, -0.1) is 11.3 Å². The monoisotopic (exact) mass is 341 g/mol. The van der Waals surface area contributed by atoms with E-state index in [0.29, 0.717) is 16.2 Å². The van der Waals surface area contributed by atoms with Crippen LogP contribution >= 0.6 is 23.1 Å². The molecule has 0 aliphatic carbocycles. The van der Waals surface area contributed by atoms with Crippen LogP contribution in [0.5, 0.6) is 0 Å². The Hall–Kier alpha value is -1.05. The fraction of sp³-hybridized carbons (Fsp3) is 0.600. The minimum Gasteiger partial charge on any atom is -0.340 e. The molecule has 0 saturated carbocycles. The standard InChI is InChI=1S/C15H23N3O2S2/c1-10(16-14(19)12-6-5-7-22-12)15(20)18-8-11(17(2)3)13(9-18)21-4/h5-7,10-11,13H,8-9H2,1-4H3,(H,16,19)/t10-,11+,13+/m0/s1. The summed E-state index contributed by atoms with van der Waals surface area (Å²) in [6.07, 6.45) is 2.08. The number of hydrogen-bond donors (Lipinski definition) is 1. The Bertz CT molecular complexity index is 519. The number of thiophene rings is 1. The summed E-state index contributed by atoms with van der Waals surface area (Å²) in [7, 11) is 4.09. The van der Waals surface area contributed by atoms with Crippen LogP contribution in [-0.2, 0) is 4.79 Å². The summed E-state index contributed by atoms with van der Waals surface area (Å²) >= 11 is 3.17. The first kappa shape index (κ1) is 17.3. The van der Waals surface area contributed by atoms with Gasteiger partial charge in [0.15, 0.2) is 0 Å². The van der Waals surface area contributed by atoms with Crippen LogP contribution in [0.3, 0.4) is 0 Å². The lowest BCUT2D eigenvalue weighted by Gasteiger charge is -2.24. The van der Waals surface area contributed by atoms with E-state index >= 15 is 0 Å². The molecule has 1 saturated heterocycles. The molecule has 0 spiro atoms. The first-order chi connectivity index (χ1) is 10.4. The molecule has 1 aliphatic heterocycles. The van der Waals surface area contributed by atoms with Crippen LogP contribution in [0.1, 0.15) is 16.6 Å². The highest BCUT2D eigenvalue weighted by molar-refractivity contribution is 7.99. The van der Waals surface area contributed by atoms with E-state index in [1.807, 2.05) is 30.4 Å². The van der Waals surface area contributed by atoms with Crippen molar-refractivity contribution in [1.82, 2.24) is 15.1 Å². The van der Waals surface area contributed by atoms with Crippen molar-refractivity contribution < 1.29 is 9.59 Å².